The first-order valence-corrected chi connectivity index (χ1v) is 8.33. The van der Waals surface area contributed by atoms with Crippen LogP contribution in [0.3, 0.4) is 0 Å². The van der Waals surface area contributed by atoms with E-state index in [0.717, 1.165) is 12.5 Å². The molecule has 0 bridgehead atoms. The number of hydrogen-bond donors (Lipinski definition) is 1. The van der Waals surface area contributed by atoms with E-state index in [0.29, 0.717) is 12.1 Å². The molecule has 0 saturated heterocycles. The second-order valence-corrected chi connectivity index (χ2v) is 7.67. The minimum Gasteiger partial charge on any atom is -0.329 e. The lowest BCUT2D eigenvalue weighted by Crippen LogP contribution is -2.41. The first-order chi connectivity index (χ1) is 9.02. The normalized spacial score (nSPS) is 25.8. The quantitative estimate of drug-likeness (QED) is 0.907. The molecule has 108 valence electrons. The van der Waals surface area contributed by atoms with Gasteiger partial charge in [0.2, 0.25) is 0 Å². The maximum Gasteiger partial charge on any atom is 0.0481 e. The molecule has 0 aromatic carbocycles. The Kier molecular flexibility index (Phi) is 5.04. The van der Waals surface area contributed by atoms with Gasteiger partial charge in [0.25, 0.3) is 0 Å². The predicted molar refractivity (Wildman–Crippen MR) is 84.8 cm³/mol. The molecule has 3 unspecified atom stereocenters. The Morgan fingerprint density at radius 2 is 2.16 bits per heavy atom. The smallest absolute Gasteiger partial charge is 0.0481 e. The van der Waals surface area contributed by atoms with E-state index in [1.54, 1.807) is 0 Å². The maximum absolute atomic E-state index is 6.09. The van der Waals surface area contributed by atoms with Crippen molar-refractivity contribution in [1.82, 2.24) is 4.90 Å². The monoisotopic (exact) mass is 280 g/mol. The van der Waals surface area contributed by atoms with Gasteiger partial charge in [-0.05, 0) is 51.3 Å². The van der Waals surface area contributed by atoms with Gasteiger partial charge < -0.3 is 5.73 Å². The minimum atomic E-state index is 0.389. The first-order valence-electron chi connectivity index (χ1n) is 7.51. The van der Waals surface area contributed by atoms with Crippen molar-refractivity contribution in [3.8, 4) is 0 Å². The highest BCUT2D eigenvalue weighted by Crippen LogP contribution is 2.34. The van der Waals surface area contributed by atoms with Crippen LogP contribution >= 0.6 is 11.3 Å². The molecule has 0 amide bonds. The van der Waals surface area contributed by atoms with E-state index in [9.17, 15) is 0 Å². The van der Waals surface area contributed by atoms with E-state index in [4.69, 9.17) is 5.73 Å². The number of nitrogens with two attached hydrogens (primary N) is 1. The van der Waals surface area contributed by atoms with Crippen LogP contribution in [0.4, 0.5) is 0 Å². The Morgan fingerprint density at radius 1 is 1.42 bits per heavy atom. The van der Waals surface area contributed by atoms with Gasteiger partial charge in [-0.3, -0.25) is 4.90 Å². The molecule has 1 fully saturated rings. The predicted octanol–water partition coefficient (Wildman–Crippen LogP) is 3.88. The number of hydrogen-bond acceptors (Lipinski definition) is 3. The van der Waals surface area contributed by atoms with Gasteiger partial charge in [0.15, 0.2) is 0 Å². The van der Waals surface area contributed by atoms with Crippen LogP contribution in [-0.2, 0) is 0 Å². The fourth-order valence-corrected chi connectivity index (χ4v) is 4.50. The van der Waals surface area contributed by atoms with Crippen LogP contribution in [0.15, 0.2) is 6.07 Å². The number of nitrogens with zero attached hydrogens (tertiary/aromatic N) is 1. The van der Waals surface area contributed by atoms with Gasteiger partial charge in [0.05, 0.1) is 0 Å². The van der Waals surface area contributed by atoms with Crippen LogP contribution in [-0.4, -0.2) is 24.5 Å². The molecule has 1 heterocycles. The highest BCUT2D eigenvalue weighted by atomic mass is 32.1. The van der Waals surface area contributed by atoms with Crippen LogP contribution in [0.5, 0.6) is 0 Å². The molecule has 1 aliphatic carbocycles. The van der Waals surface area contributed by atoms with Crippen molar-refractivity contribution in [3.63, 3.8) is 0 Å². The highest BCUT2D eigenvalue weighted by Gasteiger charge is 2.28. The largest absolute Gasteiger partial charge is 0.329 e. The lowest BCUT2D eigenvalue weighted by Gasteiger charge is -2.38. The van der Waals surface area contributed by atoms with E-state index in [1.165, 1.54) is 41.0 Å². The lowest BCUT2D eigenvalue weighted by atomic mass is 9.85. The van der Waals surface area contributed by atoms with Crippen molar-refractivity contribution in [2.45, 2.75) is 58.5 Å². The minimum absolute atomic E-state index is 0.389. The van der Waals surface area contributed by atoms with Gasteiger partial charge in [-0.15, -0.1) is 11.3 Å². The zero-order valence-corrected chi connectivity index (χ0v) is 13.6. The van der Waals surface area contributed by atoms with E-state index >= 15 is 0 Å². The van der Waals surface area contributed by atoms with Gasteiger partial charge in [0.1, 0.15) is 0 Å². The van der Waals surface area contributed by atoms with Crippen LogP contribution in [0.1, 0.15) is 54.0 Å². The molecule has 1 saturated carbocycles. The summed E-state index contributed by atoms with van der Waals surface area (Å²) in [4.78, 5) is 5.38. The third-order valence-electron chi connectivity index (χ3n) is 4.64. The Bertz CT molecular complexity index is 413. The summed E-state index contributed by atoms with van der Waals surface area (Å²) < 4.78 is 0. The molecule has 1 aromatic heterocycles. The second kappa shape index (κ2) is 6.38. The van der Waals surface area contributed by atoms with E-state index in [1.807, 2.05) is 11.3 Å². The molecule has 0 spiro atoms. The fraction of sp³-hybridized carbons (Fsp3) is 0.750. The first kappa shape index (κ1) is 15.0. The Hall–Kier alpha value is -0.380. The number of rotatable bonds is 4. The molecule has 2 nitrogen and oxygen atoms in total. The summed E-state index contributed by atoms with van der Waals surface area (Å²) in [5.41, 5.74) is 7.54. The zero-order valence-electron chi connectivity index (χ0n) is 12.8. The van der Waals surface area contributed by atoms with Crippen molar-refractivity contribution in [1.29, 1.82) is 0 Å². The lowest BCUT2D eigenvalue weighted by molar-refractivity contribution is 0.121. The van der Waals surface area contributed by atoms with Crippen molar-refractivity contribution >= 4 is 11.3 Å². The summed E-state index contributed by atoms with van der Waals surface area (Å²) in [6.45, 7) is 7.53. The highest BCUT2D eigenvalue weighted by molar-refractivity contribution is 7.12. The number of aryl methyl sites for hydroxylation is 2. The molecule has 3 atom stereocenters. The number of likely N-dealkylation sites (N-methyl/N-ethyl adjacent to an activating group) is 1. The summed E-state index contributed by atoms with van der Waals surface area (Å²) in [7, 11) is 2.27. The molecule has 1 aliphatic rings. The van der Waals surface area contributed by atoms with Gasteiger partial charge in [-0.25, -0.2) is 0 Å². The van der Waals surface area contributed by atoms with Crippen molar-refractivity contribution < 1.29 is 0 Å². The molecule has 0 radical (unpaired) electrons. The molecule has 0 aliphatic heterocycles. The van der Waals surface area contributed by atoms with Crippen LogP contribution < -0.4 is 5.73 Å². The fourth-order valence-electron chi connectivity index (χ4n) is 3.52. The van der Waals surface area contributed by atoms with Crippen molar-refractivity contribution in [2.75, 3.05) is 13.6 Å². The number of thiophene rings is 1. The molecule has 19 heavy (non-hydrogen) atoms. The van der Waals surface area contributed by atoms with E-state index < -0.39 is 0 Å². The van der Waals surface area contributed by atoms with Crippen molar-refractivity contribution in [2.24, 2.45) is 11.7 Å². The maximum atomic E-state index is 6.09. The van der Waals surface area contributed by atoms with Gasteiger partial charge in [-0.1, -0.05) is 19.8 Å². The summed E-state index contributed by atoms with van der Waals surface area (Å²) in [5.74, 6) is 0.866. The average molecular weight is 280 g/mol. The van der Waals surface area contributed by atoms with Crippen molar-refractivity contribution in [3.05, 3.63) is 21.4 Å². The third-order valence-corrected chi connectivity index (χ3v) is 5.62. The molecule has 1 aromatic rings. The molecule has 2 rings (SSSR count). The SMILES string of the molecule is Cc1cc(C(CN)N(C)C2CCCC(C)C2)c(C)s1. The van der Waals surface area contributed by atoms with Gasteiger partial charge in [-0.2, -0.15) is 0 Å². The van der Waals surface area contributed by atoms with Gasteiger partial charge in [0, 0.05) is 28.4 Å². The van der Waals surface area contributed by atoms with Crippen LogP contribution in [0.25, 0.3) is 0 Å². The van der Waals surface area contributed by atoms with E-state index in [2.05, 4.69) is 38.8 Å². The Labute approximate surface area is 122 Å². The summed E-state index contributed by atoms with van der Waals surface area (Å²) in [5, 5.41) is 0. The molecule has 2 N–H and O–H groups in total. The Morgan fingerprint density at radius 3 is 2.68 bits per heavy atom. The van der Waals surface area contributed by atoms with E-state index in [-0.39, 0.29) is 0 Å². The molecular weight excluding hydrogens is 252 g/mol. The van der Waals surface area contributed by atoms with Crippen LogP contribution in [0.2, 0.25) is 0 Å². The second-order valence-electron chi connectivity index (χ2n) is 6.21. The summed E-state index contributed by atoms with van der Waals surface area (Å²) >= 11 is 1.90. The summed E-state index contributed by atoms with van der Waals surface area (Å²) in [6.07, 6.45) is 5.43. The standard InChI is InChI=1S/C16H28N2S/c1-11-6-5-7-14(8-11)18(4)16(10-17)15-9-12(2)19-13(15)3/h9,11,14,16H,5-8,10,17H2,1-4H3. The topological polar surface area (TPSA) is 29.3 Å². The zero-order chi connectivity index (χ0) is 14.0. The molecular formula is C16H28N2S. The van der Waals surface area contributed by atoms with Crippen LogP contribution in [0, 0.1) is 19.8 Å². The van der Waals surface area contributed by atoms with Gasteiger partial charge >= 0.3 is 0 Å². The summed E-state index contributed by atoms with van der Waals surface area (Å²) in [6, 6.07) is 3.43. The molecule has 3 heteroatoms. The Balaban J connectivity index is 2.14. The average Bonchev–Trinajstić information content (AvgIpc) is 2.69. The third kappa shape index (κ3) is 3.39.